The van der Waals surface area contributed by atoms with E-state index in [0.29, 0.717) is 12.3 Å². The van der Waals surface area contributed by atoms with Crippen molar-refractivity contribution in [3.63, 3.8) is 0 Å². The lowest BCUT2D eigenvalue weighted by atomic mass is 10.1. The number of amides is 1. The first-order chi connectivity index (χ1) is 9.47. The summed E-state index contributed by atoms with van der Waals surface area (Å²) in [6, 6.07) is 5.47. The van der Waals surface area contributed by atoms with Crippen LogP contribution in [0.2, 0.25) is 0 Å². The van der Waals surface area contributed by atoms with Crippen LogP contribution in [0.1, 0.15) is 18.9 Å². The van der Waals surface area contributed by atoms with E-state index in [1.807, 2.05) is 19.1 Å². The van der Waals surface area contributed by atoms with Crippen molar-refractivity contribution in [3.8, 4) is 5.75 Å². The van der Waals surface area contributed by atoms with Crippen LogP contribution in [0.3, 0.4) is 0 Å². The second-order valence-corrected chi connectivity index (χ2v) is 5.17. The predicted molar refractivity (Wildman–Crippen MR) is 78.9 cm³/mol. The average Bonchev–Trinajstić information content (AvgIpc) is 2.39. The molecule has 6 heteroatoms. The summed E-state index contributed by atoms with van der Waals surface area (Å²) in [5.74, 6) is -0.364. The second-order valence-electron chi connectivity index (χ2n) is 4.25. The Kier molecular flexibility index (Phi) is 6.51. The first-order valence-electron chi connectivity index (χ1n) is 6.30. The number of ether oxygens (including phenoxy) is 1. The van der Waals surface area contributed by atoms with Gasteiger partial charge >= 0.3 is 5.97 Å². The van der Waals surface area contributed by atoms with E-state index in [1.165, 1.54) is 4.90 Å². The van der Waals surface area contributed by atoms with Crippen molar-refractivity contribution in [2.75, 3.05) is 20.2 Å². The Balaban J connectivity index is 2.77. The van der Waals surface area contributed by atoms with Gasteiger partial charge in [0.2, 0.25) is 5.91 Å². The van der Waals surface area contributed by atoms with Crippen molar-refractivity contribution in [2.24, 2.45) is 0 Å². The molecule has 0 unspecified atom stereocenters. The molecule has 0 radical (unpaired) electrons. The van der Waals surface area contributed by atoms with Gasteiger partial charge in [0.15, 0.2) is 0 Å². The number of carbonyl (C=O) groups is 2. The zero-order valence-corrected chi connectivity index (χ0v) is 13.1. The van der Waals surface area contributed by atoms with E-state index in [1.54, 1.807) is 13.2 Å². The average molecular weight is 344 g/mol. The van der Waals surface area contributed by atoms with Gasteiger partial charge in [-0.15, -0.1) is 0 Å². The molecule has 0 atom stereocenters. The monoisotopic (exact) mass is 343 g/mol. The van der Waals surface area contributed by atoms with Gasteiger partial charge in [0, 0.05) is 23.1 Å². The third-order valence-electron chi connectivity index (χ3n) is 2.91. The molecular formula is C14H18BrNO4. The van der Waals surface area contributed by atoms with E-state index in [2.05, 4.69) is 15.9 Å². The van der Waals surface area contributed by atoms with Crippen LogP contribution in [-0.4, -0.2) is 42.1 Å². The summed E-state index contributed by atoms with van der Waals surface area (Å²) in [4.78, 5) is 24.3. The molecule has 0 aromatic heterocycles. The molecule has 1 rings (SSSR count). The van der Waals surface area contributed by atoms with Gasteiger partial charge in [-0.25, -0.2) is 0 Å². The van der Waals surface area contributed by atoms with Crippen molar-refractivity contribution < 1.29 is 19.4 Å². The maximum atomic E-state index is 12.2. The SMILES string of the molecule is CCN(CCC(=O)O)C(=O)Cc1cc(Br)ccc1OC. The molecule has 0 spiro atoms. The zero-order valence-electron chi connectivity index (χ0n) is 11.6. The number of carbonyl (C=O) groups excluding carboxylic acids is 1. The highest BCUT2D eigenvalue weighted by molar-refractivity contribution is 9.10. The summed E-state index contributed by atoms with van der Waals surface area (Å²) in [5.41, 5.74) is 0.778. The lowest BCUT2D eigenvalue weighted by molar-refractivity contribution is -0.138. The summed E-state index contributed by atoms with van der Waals surface area (Å²) in [6.45, 7) is 2.54. The molecular weight excluding hydrogens is 326 g/mol. The molecule has 0 saturated heterocycles. The van der Waals surface area contributed by atoms with Crippen molar-refractivity contribution >= 4 is 27.8 Å². The van der Waals surface area contributed by atoms with E-state index in [-0.39, 0.29) is 25.3 Å². The van der Waals surface area contributed by atoms with Crippen LogP contribution in [0.25, 0.3) is 0 Å². The number of aliphatic carboxylic acids is 1. The topological polar surface area (TPSA) is 66.8 Å². The fourth-order valence-corrected chi connectivity index (χ4v) is 2.26. The Morgan fingerprint density at radius 1 is 1.40 bits per heavy atom. The Morgan fingerprint density at radius 2 is 2.10 bits per heavy atom. The molecule has 1 amide bonds. The number of benzene rings is 1. The van der Waals surface area contributed by atoms with Crippen molar-refractivity contribution in [1.82, 2.24) is 4.90 Å². The number of methoxy groups -OCH3 is 1. The van der Waals surface area contributed by atoms with Gasteiger partial charge in [0.25, 0.3) is 0 Å². The Morgan fingerprint density at radius 3 is 2.65 bits per heavy atom. The fourth-order valence-electron chi connectivity index (χ4n) is 1.85. The largest absolute Gasteiger partial charge is 0.496 e. The third-order valence-corrected chi connectivity index (χ3v) is 3.41. The first-order valence-corrected chi connectivity index (χ1v) is 7.09. The maximum Gasteiger partial charge on any atom is 0.305 e. The van der Waals surface area contributed by atoms with Crippen LogP contribution < -0.4 is 4.74 Å². The van der Waals surface area contributed by atoms with E-state index in [0.717, 1.165) is 10.0 Å². The molecule has 1 N–H and O–H groups in total. The maximum absolute atomic E-state index is 12.2. The van der Waals surface area contributed by atoms with Crippen molar-refractivity contribution in [3.05, 3.63) is 28.2 Å². The van der Waals surface area contributed by atoms with Gasteiger partial charge in [-0.1, -0.05) is 15.9 Å². The number of nitrogens with zero attached hydrogens (tertiary/aromatic N) is 1. The van der Waals surface area contributed by atoms with Gasteiger partial charge in [0.05, 0.1) is 20.0 Å². The normalized spacial score (nSPS) is 10.2. The fraction of sp³-hybridized carbons (Fsp3) is 0.429. The zero-order chi connectivity index (χ0) is 15.1. The minimum absolute atomic E-state index is 0.0464. The van der Waals surface area contributed by atoms with Crippen LogP contribution in [-0.2, 0) is 16.0 Å². The van der Waals surface area contributed by atoms with E-state index in [4.69, 9.17) is 9.84 Å². The number of rotatable bonds is 7. The summed E-state index contributed by atoms with van der Waals surface area (Å²) < 4.78 is 6.10. The van der Waals surface area contributed by atoms with Crippen LogP contribution in [0.15, 0.2) is 22.7 Å². The number of halogens is 1. The minimum Gasteiger partial charge on any atom is -0.496 e. The smallest absolute Gasteiger partial charge is 0.305 e. The van der Waals surface area contributed by atoms with Gasteiger partial charge in [-0.2, -0.15) is 0 Å². The summed E-state index contributed by atoms with van der Waals surface area (Å²) >= 11 is 3.36. The van der Waals surface area contributed by atoms with Gasteiger partial charge < -0.3 is 14.7 Å². The molecule has 110 valence electrons. The number of carboxylic acids is 1. The first kappa shape index (κ1) is 16.5. The second kappa shape index (κ2) is 7.89. The van der Waals surface area contributed by atoms with Gasteiger partial charge in [-0.3, -0.25) is 9.59 Å². The van der Waals surface area contributed by atoms with Gasteiger partial charge in [-0.05, 0) is 25.1 Å². The molecule has 5 nitrogen and oxygen atoms in total. The summed E-state index contributed by atoms with van der Waals surface area (Å²) in [5, 5.41) is 8.68. The quantitative estimate of drug-likeness (QED) is 0.824. The molecule has 1 aromatic carbocycles. The van der Waals surface area contributed by atoms with Crippen LogP contribution >= 0.6 is 15.9 Å². The lowest BCUT2D eigenvalue weighted by Gasteiger charge is -2.20. The molecule has 1 aromatic rings. The van der Waals surface area contributed by atoms with Gasteiger partial charge in [0.1, 0.15) is 5.75 Å². The Bertz CT molecular complexity index is 490. The molecule has 0 saturated carbocycles. The van der Waals surface area contributed by atoms with Crippen LogP contribution in [0.4, 0.5) is 0 Å². The highest BCUT2D eigenvalue weighted by Gasteiger charge is 2.16. The number of likely N-dealkylation sites (N-methyl/N-ethyl adjacent to an activating group) is 1. The van der Waals surface area contributed by atoms with E-state index in [9.17, 15) is 9.59 Å². The molecule has 0 aliphatic rings. The van der Waals surface area contributed by atoms with Crippen molar-refractivity contribution in [2.45, 2.75) is 19.8 Å². The highest BCUT2D eigenvalue weighted by Crippen LogP contribution is 2.23. The minimum atomic E-state index is -0.906. The highest BCUT2D eigenvalue weighted by atomic mass is 79.9. The third kappa shape index (κ3) is 4.85. The molecule has 0 heterocycles. The standard InChI is InChI=1S/C14H18BrNO4/c1-3-16(7-6-14(18)19)13(17)9-10-8-11(15)4-5-12(10)20-2/h4-5,8H,3,6-7,9H2,1-2H3,(H,18,19). The molecule has 20 heavy (non-hydrogen) atoms. The molecule has 0 bridgehead atoms. The summed E-state index contributed by atoms with van der Waals surface area (Å²) in [6.07, 6.45) is 0.144. The number of hydrogen-bond acceptors (Lipinski definition) is 3. The summed E-state index contributed by atoms with van der Waals surface area (Å²) in [7, 11) is 1.55. The van der Waals surface area contributed by atoms with Crippen LogP contribution in [0, 0.1) is 0 Å². The Hall–Kier alpha value is -1.56. The molecule has 0 fully saturated rings. The number of carboxylic acid groups (broad SMARTS) is 1. The lowest BCUT2D eigenvalue weighted by Crippen LogP contribution is -2.34. The van der Waals surface area contributed by atoms with E-state index < -0.39 is 5.97 Å². The van der Waals surface area contributed by atoms with E-state index >= 15 is 0 Å². The Labute approximate surface area is 126 Å². The molecule has 0 aliphatic carbocycles. The predicted octanol–water partition coefficient (Wildman–Crippen LogP) is 2.32. The molecule has 0 aliphatic heterocycles. The van der Waals surface area contributed by atoms with Crippen LogP contribution in [0.5, 0.6) is 5.75 Å². The van der Waals surface area contributed by atoms with Crippen molar-refractivity contribution in [1.29, 1.82) is 0 Å². The number of hydrogen-bond donors (Lipinski definition) is 1.